The third kappa shape index (κ3) is 3.65. The summed E-state index contributed by atoms with van der Waals surface area (Å²) < 4.78 is 0. The van der Waals surface area contributed by atoms with Crippen LogP contribution in [0.2, 0.25) is 0 Å². The van der Waals surface area contributed by atoms with Crippen LogP contribution in [0.15, 0.2) is 35.6 Å². The van der Waals surface area contributed by atoms with Crippen molar-refractivity contribution < 1.29 is 0 Å². The van der Waals surface area contributed by atoms with E-state index in [1.807, 2.05) is 30.6 Å². The zero-order chi connectivity index (χ0) is 12.8. The van der Waals surface area contributed by atoms with E-state index in [1.165, 1.54) is 0 Å². The Balaban J connectivity index is 1.84. The first kappa shape index (κ1) is 12.7. The molecule has 1 unspecified atom stereocenters. The average molecular weight is 245 g/mol. The molecule has 0 spiro atoms. The van der Waals surface area contributed by atoms with Gasteiger partial charge in [0.1, 0.15) is 11.9 Å². The Morgan fingerprint density at radius 3 is 2.89 bits per heavy atom. The molecule has 0 aliphatic carbocycles. The number of aliphatic imine (C=N–C) groups is 1. The number of nitrogens with one attached hydrogen (secondary N) is 2. The van der Waals surface area contributed by atoms with Gasteiger partial charge >= 0.3 is 0 Å². The van der Waals surface area contributed by atoms with Gasteiger partial charge in [0, 0.05) is 31.7 Å². The molecule has 0 aromatic carbocycles. The predicted molar refractivity (Wildman–Crippen MR) is 74.2 cm³/mol. The van der Waals surface area contributed by atoms with Crippen molar-refractivity contribution in [1.82, 2.24) is 20.5 Å². The van der Waals surface area contributed by atoms with E-state index in [0.29, 0.717) is 0 Å². The van der Waals surface area contributed by atoms with Gasteiger partial charge in [-0.05, 0) is 26.2 Å². The van der Waals surface area contributed by atoms with Crippen LogP contribution in [0.1, 0.15) is 5.69 Å². The zero-order valence-electron chi connectivity index (χ0n) is 10.8. The number of pyridine rings is 1. The van der Waals surface area contributed by atoms with Crippen molar-refractivity contribution in [2.45, 2.75) is 6.17 Å². The molecular formula is C13H19N5. The van der Waals surface area contributed by atoms with Gasteiger partial charge < -0.3 is 10.2 Å². The standard InChI is InChI=1S/C13H19N5/c1-18(2)8-7-15-13-10-16-12(9-17-13)11-5-3-4-6-14-11/h3-6,9-10,13,15,17H,7-8H2,1-2H3. The first-order valence-electron chi connectivity index (χ1n) is 6.05. The second kappa shape index (κ2) is 6.28. The number of hydrogen-bond donors (Lipinski definition) is 2. The number of nitrogens with zero attached hydrogens (tertiary/aromatic N) is 3. The van der Waals surface area contributed by atoms with Crippen LogP contribution in [0.3, 0.4) is 0 Å². The molecule has 0 saturated carbocycles. The van der Waals surface area contributed by atoms with Crippen molar-refractivity contribution in [2.75, 3.05) is 27.2 Å². The molecule has 5 heteroatoms. The zero-order valence-corrected chi connectivity index (χ0v) is 10.8. The molecule has 2 rings (SSSR count). The molecule has 1 aliphatic rings. The Kier molecular flexibility index (Phi) is 4.44. The minimum atomic E-state index is 0.0948. The van der Waals surface area contributed by atoms with Crippen molar-refractivity contribution in [1.29, 1.82) is 0 Å². The molecule has 18 heavy (non-hydrogen) atoms. The fraction of sp³-hybridized carbons (Fsp3) is 0.385. The summed E-state index contributed by atoms with van der Waals surface area (Å²) in [6.45, 7) is 1.92. The fourth-order valence-corrected chi connectivity index (χ4v) is 1.61. The summed E-state index contributed by atoms with van der Waals surface area (Å²) in [7, 11) is 4.12. The number of likely N-dealkylation sites (N-methyl/N-ethyl adjacent to an activating group) is 1. The second-order valence-corrected chi connectivity index (χ2v) is 4.42. The Labute approximate surface area is 108 Å². The van der Waals surface area contributed by atoms with Gasteiger partial charge in [-0.15, -0.1) is 0 Å². The number of rotatable bonds is 5. The monoisotopic (exact) mass is 245 g/mol. The van der Waals surface area contributed by atoms with Gasteiger partial charge in [0.2, 0.25) is 0 Å². The quantitative estimate of drug-likeness (QED) is 0.794. The van der Waals surface area contributed by atoms with Gasteiger partial charge in [-0.2, -0.15) is 0 Å². The van der Waals surface area contributed by atoms with Crippen LogP contribution in [0.5, 0.6) is 0 Å². The van der Waals surface area contributed by atoms with Crippen LogP contribution in [-0.2, 0) is 0 Å². The first-order chi connectivity index (χ1) is 8.75. The van der Waals surface area contributed by atoms with E-state index in [0.717, 1.165) is 24.5 Å². The Morgan fingerprint density at radius 2 is 2.28 bits per heavy atom. The lowest BCUT2D eigenvalue weighted by Crippen LogP contribution is -2.44. The maximum atomic E-state index is 4.41. The largest absolute Gasteiger partial charge is 0.369 e. The molecule has 2 N–H and O–H groups in total. The third-order valence-electron chi connectivity index (χ3n) is 2.61. The smallest absolute Gasteiger partial charge is 0.113 e. The summed E-state index contributed by atoms with van der Waals surface area (Å²) in [4.78, 5) is 10.8. The van der Waals surface area contributed by atoms with E-state index in [-0.39, 0.29) is 6.17 Å². The van der Waals surface area contributed by atoms with Gasteiger partial charge in [-0.1, -0.05) is 6.07 Å². The van der Waals surface area contributed by atoms with E-state index in [2.05, 4.69) is 39.6 Å². The molecule has 2 heterocycles. The Hall–Kier alpha value is -1.72. The molecule has 0 saturated heterocycles. The highest BCUT2D eigenvalue weighted by Crippen LogP contribution is 2.12. The Bertz CT molecular complexity index is 424. The van der Waals surface area contributed by atoms with Crippen LogP contribution in [0.25, 0.3) is 5.70 Å². The molecule has 1 aromatic heterocycles. The van der Waals surface area contributed by atoms with E-state index in [9.17, 15) is 0 Å². The molecule has 0 amide bonds. The van der Waals surface area contributed by atoms with Gasteiger partial charge in [-0.3, -0.25) is 15.3 Å². The van der Waals surface area contributed by atoms with E-state index >= 15 is 0 Å². The predicted octanol–water partition coefficient (Wildman–Crippen LogP) is 0.531. The van der Waals surface area contributed by atoms with Crippen LogP contribution < -0.4 is 10.6 Å². The first-order valence-corrected chi connectivity index (χ1v) is 6.05. The summed E-state index contributed by atoms with van der Waals surface area (Å²) in [6, 6.07) is 5.81. The highest BCUT2D eigenvalue weighted by molar-refractivity contribution is 5.77. The van der Waals surface area contributed by atoms with Crippen molar-refractivity contribution in [3.05, 3.63) is 36.3 Å². The van der Waals surface area contributed by atoms with Crippen molar-refractivity contribution in [3.8, 4) is 0 Å². The summed E-state index contributed by atoms with van der Waals surface area (Å²) in [5, 5.41) is 6.62. The van der Waals surface area contributed by atoms with Crippen LogP contribution in [0.4, 0.5) is 0 Å². The molecule has 96 valence electrons. The van der Waals surface area contributed by atoms with Gasteiger partial charge in [0.25, 0.3) is 0 Å². The Morgan fingerprint density at radius 1 is 1.39 bits per heavy atom. The minimum Gasteiger partial charge on any atom is -0.369 e. The van der Waals surface area contributed by atoms with E-state index < -0.39 is 0 Å². The van der Waals surface area contributed by atoms with Gasteiger partial charge in [0.15, 0.2) is 0 Å². The number of hydrogen-bond acceptors (Lipinski definition) is 5. The topological polar surface area (TPSA) is 52.5 Å². The molecule has 1 aromatic rings. The lowest BCUT2D eigenvalue weighted by Gasteiger charge is -2.20. The average Bonchev–Trinajstić information content (AvgIpc) is 2.40. The summed E-state index contributed by atoms with van der Waals surface area (Å²) in [5.74, 6) is 0. The normalized spacial score (nSPS) is 18.6. The molecular weight excluding hydrogens is 226 g/mol. The molecule has 1 aliphatic heterocycles. The summed E-state index contributed by atoms with van der Waals surface area (Å²) in [6.07, 6.45) is 5.64. The fourth-order valence-electron chi connectivity index (χ4n) is 1.61. The van der Waals surface area contributed by atoms with Crippen molar-refractivity contribution in [3.63, 3.8) is 0 Å². The lowest BCUT2D eigenvalue weighted by atomic mass is 10.2. The summed E-state index contributed by atoms with van der Waals surface area (Å²) in [5.41, 5.74) is 1.74. The van der Waals surface area contributed by atoms with Crippen molar-refractivity contribution in [2.24, 2.45) is 4.99 Å². The molecule has 5 nitrogen and oxygen atoms in total. The van der Waals surface area contributed by atoms with E-state index in [1.54, 1.807) is 6.20 Å². The van der Waals surface area contributed by atoms with Crippen LogP contribution >= 0.6 is 0 Å². The molecule has 1 atom stereocenters. The minimum absolute atomic E-state index is 0.0948. The second-order valence-electron chi connectivity index (χ2n) is 4.42. The highest BCUT2D eigenvalue weighted by atomic mass is 15.2. The maximum absolute atomic E-state index is 4.41. The third-order valence-corrected chi connectivity index (χ3v) is 2.61. The molecule has 0 bridgehead atoms. The van der Waals surface area contributed by atoms with Gasteiger partial charge in [-0.25, -0.2) is 0 Å². The maximum Gasteiger partial charge on any atom is 0.113 e. The van der Waals surface area contributed by atoms with Crippen molar-refractivity contribution >= 4 is 11.9 Å². The van der Waals surface area contributed by atoms with Crippen LogP contribution in [-0.4, -0.2) is 49.4 Å². The SMILES string of the molecule is CN(C)CCNC1C=NC(c2ccccn2)=CN1. The number of aromatic nitrogens is 1. The molecule has 0 fully saturated rings. The molecule has 0 radical (unpaired) electrons. The lowest BCUT2D eigenvalue weighted by molar-refractivity contribution is 0.392. The van der Waals surface area contributed by atoms with Gasteiger partial charge in [0.05, 0.1) is 5.69 Å². The van der Waals surface area contributed by atoms with Crippen LogP contribution in [0, 0.1) is 0 Å². The highest BCUT2D eigenvalue weighted by Gasteiger charge is 2.09. The van der Waals surface area contributed by atoms with E-state index in [4.69, 9.17) is 0 Å². The summed E-state index contributed by atoms with van der Waals surface area (Å²) >= 11 is 0.